The zero-order valence-corrected chi connectivity index (χ0v) is 11.2. The SMILES string of the molecule is CC1(O)CCCN(C(=O)C2(N)CCOCC2)CC1. The van der Waals surface area contributed by atoms with E-state index in [4.69, 9.17) is 10.5 Å². The molecule has 0 aromatic rings. The zero-order valence-electron chi connectivity index (χ0n) is 11.2. The molecular formula is C13H24N2O3. The Labute approximate surface area is 108 Å². The number of nitrogens with two attached hydrogens (primary N) is 1. The highest BCUT2D eigenvalue weighted by atomic mass is 16.5. The van der Waals surface area contributed by atoms with Crippen LogP contribution in [0.25, 0.3) is 0 Å². The quantitative estimate of drug-likeness (QED) is 0.705. The van der Waals surface area contributed by atoms with Gasteiger partial charge in [-0.3, -0.25) is 4.79 Å². The Morgan fingerprint density at radius 2 is 1.89 bits per heavy atom. The topological polar surface area (TPSA) is 75.8 Å². The van der Waals surface area contributed by atoms with Gasteiger partial charge in [0.2, 0.25) is 5.91 Å². The van der Waals surface area contributed by atoms with E-state index in [2.05, 4.69) is 0 Å². The van der Waals surface area contributed by atoms with Crippen molar-refractivity contribution in [2.24, 2.45) is 5.73 Å². The summed E-state index contributed by atoms with van der Waals surface area (Å²) in [4.78, 5) is 14.3. The summed E-state index contributed by atoms with van der Waals surface area (Å²) in [6, 6.07) is 0. The number of carbonyl (C=O) groups is 1. The monoisotopic (exact) mass is 256 g/mol. The summed E-state index contributed by atoms with van der Waals surface area (Å²) in [5.74, 6) is 0.0310. The first-order chi connectivity index (χ1) is 8.43. The first-order valence-corrected chi connectivity index (χ1v) is 6.81. The third-order valence-corrected chi connectivity index (χ3v) is 4.16. The van der Waals surface area contributed by atoms with Gasteiger partial charge in [0.15, 0.2) is 0 Å². The number of carbonyl (C=O) groups excluding carboxylic acids is 1. The summed E-state index contributed by atoms with van der Waals surface area (Å²) in [6.45, 7) is 4.27. The van der Waals surface area contributed by atoms with Gasteiger partial charge >= 0.3 is 0 Å². The molecule has 2 rings (SSSR count). The molecule has 0 radical (unpaired) electrons. The van der Waals surface area contributed by atoms with Crippen molar-refractivity contribution in [2.75, 3.05) is 26.3 Å². The van der Waals surface area contributed by atoms with E-state index in [0.29, 0.717) is 45.6 Å². The Bertz CT molecular complexity index is 311. The highest BCUT2D eigenvalue weighted by molar-refractivity contribution is 5.86. The molecule has 2 aliphatic rings. The van der Waals surface area contributed by atoms with Gasteiger partial charge in [-0.05, 0) is 39.0 Å². The molecular weight excluding hydrogens is 232 g/mol. The molecule has 0 aromatic carbocycles. The Hall–Kier alpha value is -0.650. The fourth-order valence-electron chi connectivity index (χ4n) is 2.73. The number of nitrogens with zero attached hydrogens (tertiary/aromatic N) is 1. The van der Waals surface area contributed by atoms with Crippen molar-refractivity contribution in [2.45, 2.75) is 50.2 Å². The van der Waals surface area contributed by atoms with E-state index in [-0.39, 0.29) is 5.91 Å². The summed E-state index contributed by atoms with van der Waals surface area (Å²) in [5, 5.41) is 10.0. The number of hydrogen-bond acceptors (Lipinski definition) is 4. The standard InChI is InChI=1S/C13H24N2O3/c1-12(17)3-2-7-15(8-4-12)11(16)13(14)5-9-18-10-6-13/h17H,2-10,14H2,1H3. The van der Waals surface area contributed by atoms with E-state index in [1.54, 1.807) is 0 Å². The van der Waals surface area contributed by atoms with Crippen molar-refractivity contribution in [3.63, 3.8) is 0 Å². The van der Waals surface area contributed by atoms with Crippen LogP contribution in [0.15, 0.2) is 0 Å². The van der Waals surface area contributed by atoms with Gasteiger partial charge in [0.05, 0.1) is 11.1 Å². The van der Waals surface area contributed by atoms with Crippen molar-refractivity contribution in [3.05, 3.63) is 0 Å². The maximum absolute atomic E-state index is 12.5. The predicted octanol–water partition coefficient (Wildman–Crippen LogP) is 0.258. The smallest absolute Gasteiger partial charge is 0.242 e. The number of rotatable bonds is 1. The van der Waals surface area contributed by atoms with Crippen LogP contribution in [0.4, 0.5) is 0 Å². The number of likely N-dealkylation sites (tertiary alicyclic amines) is 1. The Balaban J connectivity index is 2.00. The van der Waals surface area contributed by atoms with Crippen LogP contribution < -0.4 is 5.73 Å². The van der Waals surface area contributed by atoms with Crippen LogP contribution in [-0.2, 0) is 9.53 Å². The van der Waals surface area contributed by atoms with Gasteiger partial charge in [0.1, 0.15) is 0 Å². The van der Waals surface area contributed by atoms with Crippen LogP contribution >= 0.6 is 0 Å². The van der Waals surface area contributed by atoms with Crippen LogP contribution in [0.2, 0.25) is 0 Å². The summed E-state index contributed by atoms with van der Waals surface area (Å²) in [7, 11) is 0. The normalized spacial score (nSPS) is 32.9. The van der Waals surface area contributed by atoms with Gasteiger partial charge in [-0.1, -0.05) is 0 Å². The van der Waals surface area contributed by atoms with Gasteiger partial charge in [-0.25, -0.2) is 0 Å². The predicted molar refractivity (Wildman–Crippen MR) is 68.0 cm³/mol. The molecule has 2 fully saturated rings. The molecule has 18 heavy (non-hydrogen) atoms. The third-order valence-electron chi connectivity index (χ3n) is 4.16. The lowest BCUT2D eigenvalue weighted by atomic mass is 9.89. The second-order valence-corrected chi connectivity index (χ2v) is 5.91. The fourth-order valence-corrected chi connectivity index (χ4v) is 2.73. The van der Waals surface area contributed by atoms with Gasteiger partial charge in [0.25, 0.3) is 0 Å². The molecule has 5 nitrogen and oxygen atoms in total. The first-order valence-electron chi connectivity index (χ1n) is 6.81. The number of ether oxygens (including phenoxy) is 1. The van der Waals surface area contributed by atoms with Crippen molar-refractivity contribution < 1.29 is 14.6 Å². The van der Waals surface area contributed by atoms with E-state index >= 15 is 0 Å². The highest BCUT2D eigenvalue weighted by Crippen LogP contribution is 2.25. The molecule has 1 atom stereocenters. The minimum Gasteiger partial charge on any atom is -0.390 e. The maximum Gasteiger partial charge on any atom is 0.242 e. The van der Waals surface area contributed by atoms with E-state index in [1.165, 1.54) is 0 Å². The molecule has 0 saturated carbocycles. The maximum atomic E-state index is 12.5. The van der Waals surface area contributed by atoms with Crippen molar-refractivity contribution in [3.8, 4) is 0 Å². The molecule has 104 valence electrons. The largest absolute Gasteiger partial charge is 0.390 e. The Morgan fingerprint density at radius 3 is 2.56 bits per heavy atom. The average Bonchev–Trinajstić information content (AvgIpc) is 2.50. The molecule has 2 aliphatic heterocycles. The number of aliphatic hydroxyl groups is 1. The van der Waals surface area contributed by atoms with Crippen LogP contribution in [-0.4, -0.2) is 53.4 Å². The number of hydrogen-bond donors (Lipinski definition) is 2. The molecule has 1 unspecified atom stereocenters. The van der Waals surface area contributed by atoms with E-state index < -0.39 is 11.1 Å². The summed E-state index contributed by atoms with van der Waals surface area (Å²) < 4.78 is 5.27. The Kier molecular flexibility index (Phi) is 3.94. The van der Waals surface area contributed by atoms with Crippen molar-refractivity contribution >= 4 is 5.91 Å². The molecule has 0 spiro atoms. The highest BCUT2D eigenvalue weighted by Gasteiger charge is 2.40. The molecule has 0 aliphatic carbocycles. The van der Waals surface area contributed by atoms with E-state index in [1.807, 2.05) is 11.8 Å². The number of amides is 1. The molecule has 1 amide bonds. The minimum atomic E-state index is -0.756. The molecule has 0 aromatic heterocycles. The average molecular weight is 256 g/mol. The van der Waals surface area contributed by atoms with E-state index in [0.717, 1.165) is 12.8 Å². The van der Waals surface area contributed by atoms with Gasteiger partial charge in [-0.15, -0.1) is 0 Å². The lowest BCUT2D eigenvalue weighted by Gasteiger charge is -2.36. The van der Waals surface area contributed by atoms with Crippen LogP contribution in [0.5, 0.6) is 0 Å². The lowest BCUT2D eigenvalue weighted by molar-refractivity contribution is -0.140. The molecule has 2 saturated heterocycles. The third kappa shape index (κ3) is 3.02. The van der Waals surface area contributed by atoms with Gasteiger partial charge in [-0.2, -0.15) is 0 Å². The molecule has 0 bridgehead atoms. The summed E-state index contributed by atoms with van der Waals surface area (Å²) in [6.07, 6.45) is 3.41. The van der Waals surface area contributed by atoms with E-state index in [9.17, 15) is 9.90 Å². The second-order valence-electron chi connectivity index (χ2n) is 5.91. The molecule has 5 heteroatoms. The molecule has 2 heterocycles. The van der Waals surface area contributed by atoms with Crippen LogP contribution in [0, 0.1) is 0 Å². The van der Waals surface area contributed by atoms with Crippen LogP contribution in [0.3, 0.4) is 0 Å². The zero-order chi connectivity index (χ0) is 13.2. The minimum absolute atomic E-state index is 0.0310. The first kappa shape index (κ1) is 13.8. The van der Waals surface area contributed by atoms with Crippen molar-refractivity contribution in [1.82, 2.24) is 4.90 Å². The Morgan fingerprint density at radius 1 is 1.22 bits per heavy atom. The van der Waals surface area contributed by atoms with Crippen molar-refractivity contribution in [1.29, 1.82) is 0 Å². The lowest BCUT2D eigenvalue weighted by Crippen LogP contribution is -2.58. The van der Waals surface area contributed by atoms with Gasteiger partial charge < -0.3 is 20.5 Å². The summed E-state index contributed by atoms with van der Waals surface area (Å²) in [5.41, 5.74) is 4.82. The van der Waals surface area contributed by atoms with Gasteiger partial charge in [0, 0.05) is 26.3 Å². The summed E-state index contributed by atoms with van der Waals surface area (Å²) >= 11 is 0. The molecule has 3 N–H and O–H groups in total. The second kappa shape index (κ2) is 5.15. The van der Waals surface area contributed by atoms with Crippen LogP contribution in [0.1, 0.15) is 39.0 Å². The fraction of sp³-hybridized carbons (Fsp3) is 0.923.